The maximum Gasteiger partial charge on any atom is 0.224 e. The van der Waals surface area contributed by atoms with Crippen molar-refractivity contribution in [2.45, 2.75) is 39.2 Å². The monoisotopic (exact) mass is 397 g/mol. The molecule has 4 nitrogen and oxygen atoms in total. The number of hydrogen-bond donors (Lipinski definition) is 1. The summed E-state index contributed by atoms with van der Waals surface area (Å²) in [5.74, 6) is 1.17. The maximum atomic E-state index is 12.2. The molecule has 1 amide bonds. The summed E-state index contributed by atoms with van der Waals surface area (Å²) < 4.78 is 2.29. The third kappa shape index (κ3) is 4.77. The van der Waals surface area contributed by atoms with Crippen molar-refractivity contribution in [3.8, 4) is 0 Å². The number of aromatic nitrogens is 2. The van der Waals surface area contributed by atoms with E-state index >= 15 is 0 Å². The highest BCUT2D eigenvalue weighted by Crippen LogP contribution is 2.18. The highest BCUT2D eigenvalue weighted by Gasteiger charge is 2.09. The van der Waals surface area contributed by atoms with Crippen LogP contribution in [0.25, 0.3) is 11.0 Å². The number of aryl methyl sites for hydroxylation is 4. The van der Waals surface area contributed by atoms with Gasteiger partial charge in [0.2, 0.25) is 5.91 Å². The summed E-state index contributed by atoms with van der Waals surface area (Å²) in [5.41, 5.74) is 5.53. The zero-order chi connectivity index (χ0) is 20.8. The molecular weight excluding hydrogens is 370 g/mol. The molecule has 0 aliphatic heterocycles. The first kappa shape index (κ1) is 19.9. The van der Waals surface area contributed by atoms with Crippen LogP contribution in [-0.2, 0) is 30.6 Å². The lowest BCUT2D eigenvalue weighted by atomic mass is 10.1. The fraction of sp³-hybridized carbons (Fsp3) is 0.231. The molecule has 1 aromatic heterocycles. The molecule has 30 heavy (non-hydrogen) atoms. The number of benzene rings is 3. The lowest BCUT2D eigenvalue weighted by Crippen LogP contribution is -2.12. The Labute approximate surface area is 177 Å². The van der Waals surface area contributed by atoms with Crippen LogP contribution in [0.1, 0.15) is 30.3 Å². The second-order valence-electron chi connectivity index (χ2n) is 7.49. The quantitative estimate of drug-likeness (QED) is 0.432. The van der Waals surface area contributed by atoms with Crippen LogP contribution in [0.4, 0.5) is 5.69 Å². The van der Waals surface area contributed by atoms with Crippen LogP contribution in [0.2, 0.25) is 0 Å². The van der Waals surface area contributed by atoms with Crippen molar-refractivity contribution in [1.82, 2.24) is 9.55 Å². The molecule has 152 valence electrons. The van der Waals surface area contributed by atoms with E-state index in [1.54, 1.807) is 0 Å². The Morgan fingerprint density at radius 2 is 1.53 bits per heavy atom. The van der Waals surface area contributed by atoms with Crippen LogP contribution in [0, 0.1) is 0 Å². The van der Waals surface area contributed by atoms with Crippen molar-refractivity contribution in [1.29, 1.82) is 0 Å². The van der Waals surface area contributed by atoms with Crippen molar-refractivity contribution in [2.75, 3.05) is 5.32 Å². The minimum Gasteiger partial charge on any atom is -0.328 e. The molecule has 0 spiro atoms. The molecule has 0 saturated heterocycles. The van der Waals surface area contributed by atoms with Crippen LogP contribution < -0.4 is 5.32 Å². The Kier molecular flexibility index (Phi) is 6.23. The van der Waals surface area contributed by atoms with E-state index in [2.05, 4.69) is 59.3 Å². The minimum atomic E-state index is 0.0447. The molecule has 0 aliphatic carbocycles. The lowest BCUT2D eigenvalue weighted by Gasteiger charge is -2.08. The summed E-state index contributed by atoms with van der Waals surface area (Å²) in [6, 6.07) is 26.5. The van der Waals surface area contributed by atoms with Gasteiger partial charge in [0.15, 0.2) is 0 Å². The minimum absolute atomic E-state index is 0.0447. The summed E-state index contributed by atoms with van der Waals surface area (Å²) in [4.78, 5) is 17.0. The Hall–Kier alpha value is -3.40. The van der Waals surface area contributed by atoms with Crippen molar-refractivity contribution in [3.63, 3.8) is 0 Å². The molecule has 4 rings (SSSR count). The number of nitrogens with one attached hydrogen (secondary N) is 1. The van der Waals surface area contributed by atoms with Gasteiger partial charge in [-0.2, -0.15) is 0 Å². The van der Waals surface area contributed by atoms with Crippen LogP contribution in [0.5, 0.6) is 0 Å². The zero-order valence-corrected chi connectivity index (χ0v) is 17.3. The first-order valence-electron chi connectivity index (χ1n) is 10.6. The number of hydrogen-bond acceptors (Lipinski definition) is 2. The molecule has 4 aromatic rings. The Balaban J connectivity index is 1.32. The summed E-state index contributed by atoms with van der Waals surface area (Å²) >= 11 is 0. The molecule has 0 fully saturated rings. The van der Waals surface area contributed by atoms with E-state index in [9.17, 15) is 4.79 Å². The number of anilines is 1. The Morgan fingerprint density at radius 1 is 0.833 bits per heavy atom. The first-order chi connectivity index (χ1) is 14.7. The summed E-state index contributed by atoms with van der Waals surface area (Å²) in [7, 11) is 0. The average molecular weight is 398 g/mol. The number of carbonyl (C=O) groups excluding carboxylic acids is 1. The average Bonchev–Trinajstić information content (AvgIpc) is 3.15. The van der Waals surface area contributed by atoms with Gasteiger partial charge in [-0.25, -0.2) is 4.98 Å². The molecule has 0 atom stereocenters. The van der Waals surface area contributed by atoms with Crippen LogP contribution in [0.3, 0.4) is 0 Å². The Morgan fingerprint density at radius 3 is 2.30 bits per heavy atom. The summed E-state index contributed by atoms with van der Waals surface area (Å²) in [6.07, 6.45) is 3.05. The number of amides is 1. The van der Waals surface area contributed by atoms with Gasteiger partial charge >= 0.3 is 0 Å². The topological polar surface area (TPSA) is 46.9 Å². The van der Waals surface area contributed by atoms with E-state index in [4.69, 9.17) is 4.98 Å². The smallest absolute Gasteiger partial charge is 0.224 e. The highest BCUT2D eigenvalue weighted by molar-refractivity contribution is 5.90. The number of rotatable bonds is 8. The molecule has 4 heteroatoms. The Bertz CT molecular complexity index is 1110. The molecule has 0 aliphatic rings. The van der Waals surface area contributed by atoms with Gasteiger partial charge in [-0.1, -0.05) is 54.6 Å². The lowest BCUT2D eigenvalue weighted by molar-refractivity contribution is -0.116. The van der Waals surface area contributed by atoms with Crippen molar-refractivity contribution < 1.29 is 4.79 Å². The number of nitrogens with zero attached hydrogens (tertiary/aromatic N) is 2. The summed E-state index contributed by atoms with van der Waals surface area (Å²) in [5, 5.41) is 2.99. The molecule has 0 bridgehead atoms. The second-order valence-corrected chi connectivity index (χ2v) is 7.49. The molecule has 0 unspecified atom stereocenters. The van der Waals surface area contributed by atoms with Crippen LogP contribution >= 0.6 is 0 Å². The molecule has 3 aromatic carbocycles. The van der Waals surface area contributed by atoms with Gasteiger partial charge in [0, 0.05) is 25.1 Å². The van der Waals surface area contributed by atoms with Gasteiger partial charge < -0.3 is 9.88 Å². The predicted molar refractivity (Wildman–Crippen MR) is 123 cm³/mol. The van der Waals surface area contributed by atoms with Gasteiger partial charge in [-0.3, -0.25) is 4.79 Å². The molecule has 1 heterocycles. The predicted octanol–water partition coefficient (Wildman–Crippen LogP) is 5.41. The number of fused-ring (bicyclic) bond motifs is 1. The fourth-order valence-corrected chi connectivity index (χ4v) is 3.81. The number of para-hydroxylation sites is 2. The van der Waals surface area contributed by atoms with Gasteiger partial charge in [0.25, 0.3) is 0 Å². The van der Waals surface area contributed by atoms with Crippen molar-refractivity contribution in [3.05, 3.63) is 95.8 Å². The fourth-order valence-electron chi connectivity index (χ4n) is 3.81. The van der Waals surface area contributed by atoms with Gasteiger partial charge in [-0.15, -0.1) is 0 Å². The number of imidazole rings is 1. The van der Waals surface area contributed by atoms with Gasteiger partial charge in [0.1, 0.15) is 5.82 Å². The molecule has 1 N–H and O–H groups in total. The third-order valence-corrected chi connectivity index (χ3v) is 5.41. The normalized spacial score (nSPS) is 11.0. The number of carbonyl (C=O) groups is 1. The molecule has 0 radical (unpaired) electrons. The standard InChI is InChI=1S/C26H27N3O/c1-2-29-24-11-7-6-10-23(24)28-25(29)18-14-21-12-16-22(17-13-21)27-26(30)19-15-20-8-4-3-5-9-20/h3-13,16-17H,2,14-15,18-19H2,1H3,(H,27,30). The largest absolute Gasteiger partial charge is 0.328 e. The first-order valence-corrected chi connectivity index (χ1v) is 10.6. The molecular formula is C26H27N3O. The van der Waals surface area contributed by atoms with E-state index in [0.717, 1.165) is 42.8 Å². The second kappa shape index (κ2) is 9.40. The maximum absolute atomic E-state index is 12.2. The van der Waals surface area contributed by atoms with E-state index in [0.29, 0.717) is 6.42 Å². The van der Waals surface area contributed by atoms with Crippen molar-refractivity contribution in [2.24, 2.45) is 0 Å². The van der Waals surface area contributed by atoms with E-state index < -0.39 is 0 Å². The van der Waals surface area contributed by atoms with Gasteiger partial charge in [0.05, 0.1) is 11.0 Å². The van der Waals surface area contributed by atoms with Crippen LogP contribution in [0.15, 0.2) is 78.9 Å². The zero-order valence-electron chi connectivity index (χ0n) is 17.3. The van der Waals surface area contributed by atoms with E-state index in [1.807, 2.05) is 36.4 Å². The van der Waals surface area contributed by atoms with Crippen molar-refractivity contribution >= 4 is 22.6 Å². The summed E-state index contributed by atoms with van der Waals surface area (Å²) in [6.45, 7) is 3.08. The van der Waals surface area contributed by atoms with Gasteiger partial charge in [-0.05, 0) is 55.2 Å². The van der Waals surface area contributed by atoms with E-state index in [1.165, 1.54) is 16.6 Å². The third-order valence-electron chi connectivity index (χ3n) is 5.41. The molecule has 0 saturated carbocycles. The SMILES string of the molecule is CCn1c(CCc2ccc(NC(=O)CCc3ccccc3)cc2)nc2ccccc21. The highest BCUT2D eigenvalue weighted by atomic mass is 16.1. The van der Waals surface area contributed by atoms with E-state index in [-0.39, 0.29) is 5.91 Å². The van der Waals surface area contributed by atoms with Crippen LogP contribution in [-0.4, -0.2) is 15.5 Å².